The van der Waals surface area contributed by atoms with Crippen LogP contribution >= 0.6 is 11.8 Å². The minimum Gasteiger partial charge on any atom is -0.468 e. The van der Waals surface area contributed by atoms with Gasteiger partial charge in [-0.1, -0.05) is 11.8 Å². The van der Waals surface area contributed by atoms with Gasteiger partial charge < -0.3 is 9.15 Å². The molecular weight excluding hydrogens is 288 g/mol. The summed E-state index contributed by atoms with van der Waals surface area (Å²) in [5.74, 6) is 0.479. The predicted octanol–water partition coefficient (Wildman–Crippen LogP) is 3.24. The summed E-state index contributed by atoms with van der Waals surface area (Å²) in [5.41, 5.74) is 2.69. The molecule has 0 spiro atoms. The van der Waals surface area contributed by atoms with Crippen molar-refractivity contribution in [2.75, 3.05) is 7.11 Å². The average Bonchev–Trinajstić information content (AvgIpc) is 2.92. The van der Waals surface area contributed by atoms with Gasteiger partial charge in [-0.3, -0.25) is 0 Å². The highest BCUT2D eigenvalue weighted by molar-refractivity contribution is 7.98. The number of nitrogens with zero attached hydrogens (tertiary/aromatic N) is 2. The first-order valence-electron chi connectivity index (χ1n) is 6.22. The molecule has 0 radical (unpaired) electrons. The van der Waals surface area contributed by atoms with Crippen molar-refractivity contribution in [3.63, 3.8) is 0 Å². The Morgan fingerprint density at radius 3 is 2.95 bits per heavy atom. The topological polar surface area (TPSA) is 76.1 Å². The summed E-state index contributed by atoms with van der Waals surface area (Å²) in [6.07, 6.45) is 1.45. The molecule has 21 heavy (non-hydrogen) atoms. The maximum absolute atomic E-state index is 11.6. The molecule has 0 unspecified atom stereocenters. The summed E-state index contributed by atoms with van der Waals surface area (Å²) in [6.45, 7) is 3.76. The third kappa shape index (κ3) is 3.26. The van der Waals surface area contributed by atoms with Crippen molar-refractivity contribution >= 4 is 17.7 Å². The molecule has 0 N–H and O–H groups in total. The molecule has 0 amide bonds. The summed E-state index contributed by atoms with van der Waals surface area (Å²) in [4.78, 5) is 16.0. The minimum atomic E-state index is -0.437. The lowest BCUT2D eigenvalue weighted by Crippen LogP contribution is -2.02. The minimum absolute atomic E-state index is 0.396. The molecule has 2 aromatic rings. The third-order valence-electron chi connectivity index (χ3n) is 2.91. The largest absolute Gasteiger partial charge is 0.468 e. The second-order valence-electron chi connectivity index (χ2n) is 4.41. The van der Waals surface area contributed by atoms with Crippen molar-refractivity contribution < 1.29 is 13.9 Å². The van der Waals surface area contributed by atoms with Crippen LogP contribution in [0.4, 0.5) is 0 Å². The zero-order valence-electron chi connectivity index (χ0n) is 12.0. The van der Waals surface area contributed by atoms with Crippen LogP contribution in [0, 0.1) is 25.2 Å². The van der Waals surface area contributed by atoms with Crippen molar-refractivity contribution in [1.29, 1.82) is 5.26 Å². The van der Waals surface area contributed by atoms with E-state index in [0.717, 1.165) is 11.3 Å². The number of pyridine rings is 1. The Morgan fingerprint density at radius 1 is 1.52 bits per heavy atom. The summed E-state index contributed by atoms with van der Waals surface area (Å²) >= 11 is 1.36. The fraction of sp³-hybridized carbons (Fsp3) is 0.267. The van der Waals surface area contributed by atoms with Crippen LogP contribution in [0.2, 0.25) is 0 Å². The molecule has 0 bridgehead atoms. The Bertz CT molecular complexity index is 716. The van der Waals surface area contributed by atoms with Gasteiger partial charge in [0.15, 0.2) is 0 Å². The lowest BCUT2D eigenvalue weighted by atomic mass is 10.1. The molecule has 2 rings (SSSR count). The van der Waals surface area contributed by atoms with E-state index in [1.165, 1.54) is 25.1 Å². The Balaban J connectivity index is 2.24. The van der Waals surface area contributed by atoms with E-state index in [-0.39, 0.29) is 0 Å². The smallest absolute Gasteiger partial charge is 0.341 e. The highest BCUT2D eigenvalue weighted by Gasteiger charge is 2.17. The van der Waals surface area contributed by atoms with Crippen LogP contribution in [0.15, 0.2) is 27.8 Å². The van der Waals surface area contributed by atoms with E-state index in [0.29, 0.717) is 27.7 Å². The Labute approximate surface area is 126 Å². The fourth-order valence-corrected chi connectivity index (χ4v) is 2.97. The summed E-state index contributed by atoms with van der Waals surface area (Å²) in [6, 6.07) is 5.61. The Morgan fingerprint density at radius 2 is 2.29 bits per heavy atom. The molecule has 0 aliphatic carbocycles. The van der Waals surface area contributed by atoms with E-state index in [9.17, 15) is 10.1 Å². The number of aryl methyl sites for hydroxylation is 2. The first-order chi connectivity index (χ1) is 10.1. The normalized spacial score (nSPS) is 10.2. The number of hydrogen-bond acceptors (Lipinski definition) is 6. The zero-order valence-corrected chi connectivity index (χ0v) is 12.8. The lowest BCUT2D eigenvalue weighted by Gasteiger charge is -2.07. The zero-order chi connectivity index (χ0) is 15.4. The maximum atomic E-state index is 11.6. The van der Waals surface area contributed by atoms with E-state index < -0.39 is 5.97 Å². The lowest BCUT2D eigenvalue weighted by molar-refractivity contribution is 0.0598. The van der Waals surface area contributed by atoms with E-state index in [1.807, 2.05) is 19.9 Å². The van der Waals surface area contributed by atoms with Gasteiger partial charge >= 0.3 is 5.97 Å². The Kier molecular flexibility index (Phi) is 4.66. The second-order valence-corrected chi connectivity index (χ2v) is 5.37. The van der Waals surface area contributed by atoms with Crippen molar-refractivity contribution in [2.24, 2.45) is 0 Å². The van der Waals surface area contributed by atoms with Gasteiger partial charge in [0.1, 0.15) is 22.4 Å². The second kappa shape index (κ2) is 6.46. The van der Waals surface area contributed by atoms with Crippen LogP contribution in [-0.2, 0) is 10.5 Å². The third-order valence-corrected chi connectivity index (χ3v) is 3.89. The first kappa shape index (κ1) is 15.1. The van der Waals surface area contributed by atoms with Crippen LogP contribution < -0.4 is 0 Å². The number of esters is 1. The average molecular weight is 302 g/mol. The van der Waals surface area contributed by atoms with Crippen LogP contribution in [0.1, 0.15) is 32.9 Å². The summed E-state index contributed by atoms with van der Waals surface area (Å²) in [5, 5.41) is 9.87. The van der Waals surface area contributed by atoms with Crippen molar-refractivity contribution in [3.8, 4) is 6.07 Å². The molecule has 5 nitrogen and oxygen atoms in total. The summed E-state index contributed by atoms with van der Waals surface area (Å²) in [7, 11) is 1.32. The fourth-order valence-electron chi connectivity index (χ4n) is 1.92. The Hall–Kier alpha value is -2.26. The number of ether oxygens (including phenoxy) is 1. The maximum Gasteiger partial charge on any atom is 0.341 e. The number of rotatable bonds is 4. The van der Waals surface area contributed by atoms with Crippen LogP contribution in [-0.4, -0.2) is 18.1 Å². The number of furan rings is 1. The first-order valence-corrected chi connectivity index (χ1v) is 7.21. The quantitative estimate of drug-likeness (QED) is 0.637. The van der Waals surface area contributed by atoms with Crippen LogP contribution in [0.25, 0.3) is 0 Å². The van der Waals surface area contributed by atoms with Gasteiger partial charge in [0, 0.05) is 5.69 Å². The van der Waals surface area contributed by atoms with E-state index in [2.05, 4.69) is 11.1 Å². The molecule has 108 valence electrons. The van der Waals surface area contributed by atoms with E-state index >= 15 is 0 Å². The number of nitriles is 1. The van der Waals surface area contributed by atoms with E-state index in [4.69, 9.17) is 9.15 Å². The van der Waals surface area contributed by atoms with Crippen molar-refractivity contribution in [3.05, 3.63) is 46.5 Å². The van der Waals surface area contributed by atoms with Gasteiger partial charge in [-0.25, -0.2) is 9.78 Å². The highest BCUT2D eigenvalue weighted by atomic mass is 32.2. The molecule has 0 aromatic carbocycles. The molecule has 0 atom stereocenters. The predicted molar refractivity (Wildman–Crippen MR) is 78.0 cm³/mol. The number of aromatic nitrogens is 1. The van der Waals surface area contributed by atoms with Crippen molar-refractivity contribution in [2.45, 2.75) is 24.6 Å². The molecule has 0 fully saturated rings. The summed E-state index contributed by atoms with van der Waals surface area (Å²) < 4.78 is 10.0. The van der Waals surface area contributed by atoms with Gasteiger partial charge in [0.25, 0.3) is 0 Å². The van der Waals surface area contributed by atoms with Crippen LogP contribution in [0.3, 0.4) is 0 Å². The molecule has 2 heterocycles. The molecular formula is C15H14N2O3S. The van der Waals surface area contributed by atoms with Gasteiger partial charge in [0.2, 0.25) is 0 Å². The number of methoxy groups -OCH3 is 1. The number of carbonyl (C=O) groups excluding carboxylic acids is 1. The standard InChI is InChI=1S/C15H14N2O3S/c1-9-6-10(2)17-14(12(9)7-16)21-8-13-11(4-5-20-13)15(18)19-3/h4-6H,8H2,1-3H3. The number of thioether (sulfide) groups is 1. The molecule has 0 saturated carbocycles. The van der Waals surface area contributed by atoms with Gasteiger partial charge in [-0.05, 0) is 31.5 Å². The molecule has 6 heteroatoms. The monoisotopic (exact) mass is 302 g/mol. The van der Waals surface area contributed by atoms with Crippen LogP contribution in [0.5, 0.6) is 0 Å². The molecule has 2 aromatic heterocycles. The highest BCUT2D eigenvalue weighted by Crippen LogP contribution is 2.28. The molecule has 0 saturated heterocycles. The molecule has 0 aliphatic rings. The van der Waals surface area contributed by atoms with Gasteiger partial charge in [-0.15, -0.1) is 0 Å². The number of hydrogen-bond donors (Lipinski definition) is 0. The SMILES string of the molecule is COC(=O)c1ccoc1CSc1nc(C)cc(C)c1C#N. The van der Waals surface area contributed by atoms with Crippen molar-refractivity contribution in [1.82, 2.24) is 4.98 Å². The van der Waals surface area contributed by atoms with Gasteiger partial charge in [-0.2, -0.15) is 5.26 Å². The van der Waals surface area contributed by atoms with Gasteiger partial charge in [0.05, 0.1) is 24.7 Å². The van der Waals surface area contributed by atoms with E-state index in [1.54, 1.807) is 6.07 Å². The number of carbonyl (C=O) groups is 1. The molecule has 0 aliphatic heterocycles.